The zero-order valence-electron chi connectivity index (χ0n) is 12.0. The molecule has 2 rings (SSSR count). The normalized spacial score (nSPS) is 22.8. The molecule has 1 aromatic rings. The highest BCUT2D eigenvalue weighted by Crippen LogP contribution is 2.31. The maximum Gasteiger partial charge on any atom is 0.226 e. The predicted octanol–water partition coefficient (Wildman–Crippen LogP) is 3.52. The fourth-order valence-electron chi connectivity index (χ4n) is 3.02. The van der Waals surface area contributed by atoms with Crippen LogP contribution in [0.1, 0.15) is 37.5 Å². The summed E-state index contributed by atoms with van der Waals surface area (Å²) in [4.78, 5) is 15.8. The lowest BCUT2D eigenvalue weighted by molar-refractivity contribution is -0.138. The molecule has 112 valence electrons. The lowest BCUT2D eigenvalue weighted by Gasteiger charge is -2.33. The molecule has 1 aromatic heterocycles. The molecule has 20 heavy (non-hydrogen) atoms. The zero-order valence-corrected chi connectivity index (χ0v) is 13.6. The van der Waals surface area contributed by atoms with E-state index >= 15 is 0 Å². The molecule has 1 saturated carbocycles. The second kappa shape index (κ2) is 7.43. The van der Waals surface area contributed by atoms with Gasteiger partial charge in [-0.15, -0.1) is 11.3 Å². The first-order valence-corrected chi connectivity index (χ1v) is 8.58. The second-order valence-electron chi connectivity index (χ2n) is 5.44. The number of hydrogen-bond donors (Lipinski definition) is 1. The van der Waals surface area contributed by atoms with Crippen LogP contribution in [0.25, 0.3) is 0 Å². The van der Waals surface area contributed by atoms with Crippen molar-refractivity contribution in [2.24, 2.45) is 17.6 Å². The molecule has 1 aliphatic rings. The van der Waals surface area contributed by atoms with Gasteiger partial charge in [0.2, 0.25) is 5.91 Å². The molecular formula is C15H23ClN2OS. The van der Waals surface area contributed by atoms with Crippen LogP contribution in [-0.4, -0.2) is 23.9 Å². The van der Waals surface area contributed by atoms with Crippen LogP contribution in [0.2, 0.25) is 4.34 Å². The van der Waals surface area contributed by atoms with Gasteiger partial charge in [-0.1, -0.05) is 24.4 Å². The summed E-state index contributed by atoms with van der Waals surface area (Å²) in [5.74, 6) is 0.744. The van der Waals surface area contributed by atoms with Crippen molar-refractivity contribution in [2.45, 2.75) is 39.2 Å². The van der Waals surface area contributed by atoms with E-state index < -0.39 is 0 Å². The van der Waals surface area contributed by atoms with Crippen LogP contribution in [0.5, 0.6) is 0 Å². The van der Waals surface area contributed by atoms with Gasteiger partial charge < -0.3 is 10.6 Å². The molecule has 3 nitrogen and oxygen atoms in total. The maximum atomic E-state index is 12.8. The number of carbonyl (C=O) groups is 1. The van der Waals surface area contributed by atoms with Crippen LogP contribution < -0.4 is 5.73 Å². The van der Waals surface area contributed by atoms with Gasteiger partial charge in [0, 0.05) is 17.3 Å². The van der Waals surface area contributed by atoms with Crippen molar-refractivity contribution in [1.82, 2.24) is 4.90 Å². The Morgan fingerprint density at radius 3 is 2.80 bits per heavy atom. The molecule has 1 fully saturated rings. The second-order valence-corrected chi connectivity index (χ2v) is 7.24. The Hall–Kier alpha value is -0.580. The summed E-state index contributed by atoms with van der Waals surface area (Å²) in [7, 11) is 0. The average molecular weight is 315 g/mol. The van der Waals surface area contributed by atoms with E-state index in [0.717, 1.165) is 35.0 Å². The number of amides is 1. The van der Waals surface area contributed by atoms with Crippen molar-refractivity contribution >= 4 is 28.8 Å². The largest absolute Gasteiger partial charge is 0.338 e. The first-order valence-electron chi connectivity index (χ1n) is 7.38. The van der Waals surface area contributed by atoms with E-state index in [1.165, 1.54) is 6.42 Å². The monoisotopic (exact) mass is 314 g/mol. The van der Waals surface area contributed by atoms with E-state index in [-0.39, 0.29) is 11.8 Å². The highest BCUT2D eigenvalue weighted by atomic mass is 35.5. The van der Waals surface area contributed by atoms with Gasteiger partial charge in [-0.2, -0.15) is 0 Å². The molecule has 5 heteroatoms. The summed E-state index contributed by atoms with van der Waals surface area (Å²) >= 11 is 7.51. The fraction of sp³-hybridized carbons (Fsp3) is 0.667. The Bertz CT molecular complexity index is 449. The third-order valence-electron chi connectivity index (χ3n) is 4.20. The van der Waals surface area contributed by atoms with Gasteiger partial charge in [0.15, 0.2) is 0 Å². The van der Waals surface area contributed by atoms with Crippen LogP contribution >= 0.6 is 22.9 Å². The molecule has 0 bridgehead atoms. The molecular weight excluding hydrogens is 292 g/mol. The highest BCUT2D eigenvalue weighted by molar-refractivity contribution is 7.16. The smallest absolute Gasteiger partial charge is 0.226 e. The predicted molar refractivity (Wildman–Crippen MR) is 84.9 cm³/mol. The third kappa shape index (κ3) is 3.74. The summed E-state index contributed by atoms with van der Waals surface area (Å²) in [5.41, 5.74) is 5.84. The van der Waals surface area contributed by atoms with Crippen molar-refractivity contribution in [1.29, 1.82) is 0 Å². The quantitative estimate of drug-likeness (QED) is 0.904. The van der Waals surface area contributed by atoms with E-state index in [4.69, 9.17) is 17.3 Å². The Labute approximate surface area is 130 Å². The van der Waals surface area contributed by atoms with Crippen LogP contribution in [0.15, 0.2) is 12.1 Å². The minimum Gasteiger partial charge on any atom is -0.338 e. The molecule has 1 heterocycles. The molecule has 1 aliphatic carbocycles. The summed E-state index contributed by atoms with van der Waals surface area (Å²) in [6.07, 6.45) is 4.44. The van der Waals surface area contributed by atoms with Crippen LogP contribution in [0, 0.1) is 11.8 Å². The van der Waals surface area contributed by atoms with Gasteiger partial charge in [-0.3, -0.25) is 4.79 Å². The number of rotatable bonds is 5. The van der Waals surface area contributed by atoms with Gasteiger partial charge in [0.25, 0.3) is 0 Å². The molecule has 0 aliphatic heterocycles. The maximum absolute atomic E-state index is 12.8. The van der Waals surface area contributed by atoms with Gasteiger partial charge in [-0.25, -0.2) is 0 Å². The molecule has 0 radical (unpaired) electrons. The molecule has 0 saturated heterocycles. The van der Waals surface area contributed by atoms with E-state index in [2.05, 4.69) is 0 Å². The Kier molecular flexibility index (Phi) is 5.87. The standard InChI is InChI=1S/C15H23ClN2OS/c1-2-18(10-12-7-8-14(16)20-12)15(19)13-6-4-3-5-11(13)9-17/h7-8,11,13H,2-6,9-10,17H2,1H3. The first-order chi connectivity index (χ1) is 9.65. The lowest BCUT2D eigenvalue weighted by Crippen LogP contribution is -2.41. The summed E-state index contributed by atoms with van der Waals surface area (Å²) in [5, 5.41) is 0. The molecule has 0 spiro atoms. The zero-order chi connectivity index (χ0) is 14.5. The topological polar surface area (TPSA) is 46.3 Å². The number of hydrogen-bond acceptors (Lipinski definition) is 3. The summed E-state index contributed by atoms with van der Waals surface area (Å²) in [6, 6.07) is 3.90. The summed E-state index contributed by atoms with van der Waals surface area (Å²) < 4.78 is 0.779. The van der Waals surface area contributed by atoms with Gasteiger partial charge in [0.05, 0.1) is 10.9 Å². The number of carbonyl (C=O) groups excluding carboxylic acids is 1. The van der Waals surface area contributed by atoms with Crippen molar-refractivity contribution in [3.8, 4) is 0 Å². The van der Waals surface area contributed by atoms with Crippen molar-refractivity contribution in [3.05, 3.63) is 21.3 Å². The number of nitrogens with two attached hydrogens (primary N) is 1. The molecule has 0 aromatic carbocycles. The Balaban J connectivity index is 2.03. The van der Waals surface area contributed by atoms with E-state index in [1.54, 1.807) is 11.3 Å². The molecule has 2 atom stereocenters. The Morgan fingerprint density at radius 2 is 2.20 bits per heavy atom. The van der Waals surface area contributed by atoms with Crippen molar-refractivity contribution < 1.29 is 4.79 Å². The molecule has 2 unspecified atom stereocenters. The fourth-order valence-corrected chi connectivity index (χ4v) is 4.12. The third-order valence-corrected chi connectivity index (χ3v) is 5.41. The molecule has 2 N–H and O–H groups in total. The minimum atomic E-state index is 0.115. The van der Waals surface area contributed by atoms with E-state index in [0.29, 0.717) is 19.0 Å². The van der Waals surface area contributed by atoms with Gasteiger partial charge >= 0.3 is 0 Å². The van der Waals surface area contributed by atoms with E-state index in [9.17, 15) is 4.79 Å². The average Bonchev–Trinajstić information content (AvgIpc) is 2.89. The van der Waals surface area contributed by atoms with Crippen LogP contribution in [0.3, 0.4) is 0 Å². The number of halogens is 1. The van der Waals surface area contributed by atoms with Crippen LogP contribution in [-0.2, 0) is 11.3 Å². The van der Waals surface area contributed by atoms with Crippen molar-refractivity contribution in [3.63, 3.8) is 0 Å². The summed E-state index contributed by atoms with van der Waals surface area (Å²) in [6.45, 7) is 4.06. The minimum absolute atomic E-state index is 0.115. The SMILES string of the molecule is CCN(Cc1ccc(Cl)s1)C(=O)C1CCCCC1CN. The highest BCUT2D eigenvalue weighted by Gasteiger charge is 2.32. The number of thiophene rings is 1. The van der Waals surface area contributed by atoms with E-state index in [1.807, 2.05) is 24.0 Å². The lowest BCUT2D eigenvalue weighted by atomic mass is 9.78. The van der Waals surface area contributed by atoms with Crippen LogP contribution in [0.4, 0.5) is 0 Å². The van der Waals surface area contributed by atoms with Gasteiger partial charge in [0.1, 0.15) is 0 Å². The first kappa shape index (κ1) is 15.8. The Morgan fingerprint density at radius 1 is 1.45 bits per heavy atom. The van der Waals surface area contributed by atoms with Gasteiger partial charge in [-0.05, 0) is 44.4 Å². The van der Waals surface area contributed by atoms with Crippen molar-refractivity contribution in [2.75, 3.05) is 13.1 Å². The number of nitrogens with zero attached hydrogens (tertiary/aromatic N) is 1. The molecule has 1 amide bonds.